The predicted octanol–water partition coefficient (Wildman–Crippen LogP) is 1.47. The molecule has 4 heteroatoms. The lowest BCUT2D eigenvalue weighted by atomic mass is 10.1. The molecule has 2 N–H and O–H groups in total. The van der Waals surface area contributed by atoms with E-state index in [1.165, 1.54) is 18.2 Å². The van der Waals surface area contributed by atoms with Crippen molar-refractivity contribution in [2.45, 2.75) is 31.4 Å². The molecule has 86 valence electrons. The van der Waals surface area contributed by atoms with Gasteiger partial charge < -0.3 is 10.4 Å². The Labute approximate surface area is 93.3 Å². The van der Waals surface area contributed by atoms with Crippen molar-refractivity contribution in [3.63, 3.8) is 0 Å². The summed E-state index contributed by atoms with van der Waals surface area (Å²) >= 11 is 0. The Morgan fingerprint density at radius 3 is 2.88 bits per heavy atom. The standard InChI is InChI=1S/C12H14FNO2/c13-9-4-1-3-8(7-9)12(16)14-10-5-2-6-11(10)15/h1,3-4,7,10-11,15H,2,5-6H2,(H,14,16). The number of carbonyl (C=O) groups excluding carboxylic acids is 1. The van der Waals surface area contributed by atoms with E-state index in [1.54, 1.807) is 6.07 Å². The number of rotatable bonds is 2. The molecule has 0 aromatic heterocycles. The van der Waals surface area contributed by atoms with E-state index >= 15 is 0 Å². The fraction of sp³-hybridized carbons (Fsp3) is 0.417. The third-order valence-electron chi connectivity index (χ3n) is 2.88. The van der Waals surface area contributed by atoms with Gasteiger partial charge in [0.25, 0.3) is 5.91 Å². The second-order valence-corrected chi connectivity index (χ2v) is 4.09. The highest BCUT2D eigenvalue weighted by Crippen LogP contribution is 2.19. The minimum absolute atomic E-state index is 0.198. The molecule has 0 aliphatic heterocycles. The molecule has 16 heavy (non-hydrogen) atoms. The van der Waals surface area contributed by atoms with Crippen LogP contribution < -0.4 is 5.32 Å². The van der Waals surface area contributed by atoms with Gasteiger partial charge in [0.1, 0.15) is 5.82 Å². The van der Waals surface area contributed by atoms with Gasteiger partial charge >= 0.3 is 0 Å². The van der Waals surface area contributed by atoms with Crippen LogP contribution in [-0.4, -0.2) is 23.2 Å². The van der Waals surface area contributed by atoms with Gasteiger partial charge in [-0.1, -0.05) is 6.07 Å². The van der Waals surface area contributed by atoms with E-state index < -0.39 is 11.9 Å². The van der Waals surface area contributed by atoms with Crippen LogP contribution in [0.15, 0.2) is 24.3 Å². The molecule has 1 aliphatic rings. The van der Waals surface area contributed by atoms with Crippen LogP contribution in [0.3, 0.4) is 0 Å². The van der Waals surface area contributed by atoms with Crippen LogP contribution in [0, 0.1) is 5.82 Å². The van der Waals surface area contributed by atoms with Crippen LogP contribution in [0.5, 0.6) is 0 Å². The average Bonchev–Trinajstić information content (AvgIpc) is 2.64. The number of hydrogen-bond acceptors (Lipinski definition) is 2. The molecule has 0 saturated heterocycles. The monoisotopic (exact) mass is 223 g/mol. The van der Waals surface area contributed by atoms with Crippen molar-refractivity contribution in [3.05, 3.63) is 35.6 Å². The second kappa shape index (κ2) is 4.61. The molecule has 1 aromatic rings. The lowest BCUT2D eigenvalue weighted by Crippen LogP contribution is -2.39. The molecule has 0 radical (unpaired) electrons. The van der Waals surface area contributed by atoms with Crippen LogP contribution in [0.25, 0.3) is 0 Å². The number of nitrogens with one attached hydrogen (secondary N) is 1. The summed E-state index contributed by atoms with van der Waals surface area (Å²) in [6.45, 7) is 0. The summed E-state index contributed by atoms with van der Waals surface area (Å²) in [5, 5.41) is 12.3. The molecular weight excluding hydrogens is 209 g/mol. The normalized spacial score (nSPS) is 24.4. The molecule has 2 unspecified atom stereocenters. The Balaban J connectivity index is 2.03. The molecule has 2 atom stereocenters. The Hall–Kier alpha value is -1.42. The van der Waals surface area contributed by atoms with Gasteiger partial charge in [-0.3, -0.25) is 4.79 Å². The predicted molar refractivity (Wildman–Crippen MR) is 57.5 cm³/mol. The molecule has 1 fully saturated rings. The van der Waals surface area contributed by atoms with Gasteiger partial charge in [-0.2, -0.15) is 0 Å². The third kappa shape index (κ3) is 2.39. The molecule has 1 aromatic carbocycles. The van der Waals surface area contributed by atoms with Crippen LogP contribution >= 0.6 is 0 Å². The van der Waals surface area contributed by atoms with Crippen molar-refractivity contribution in [3.8, 4) is 0 Å². The topological polar surface area (TPSA) is 49.3 Å². The summed E-state index contributed by atoms with van der Waals surface area (Å²) < 4.78 is 12.9. The highest BCUT2D eigenvalue weighted by molar-refractivity contribution is 5.94. The van der Waals surface area contributed by atoms with Gasteiger partial charge in [-0.25, -0.2) is 4.39 Å². The number of carbonyl (C=O) groups is 1. The summed E-state index contributed by atoms with van der Waals surface area (Å²) in [7, 11) is 0. The van der Waals surface area contributed by atoms with Crippen LogP contribution in [0.2, 0.25) is 0 Å². The van der Waals surface area contributed by atoms with Gasteiger partial charge in [0.2, 0.25) is 0 Å². The summed E-state index contributed by atoms with van der Waals surface area (Å²) in [5.41, 5.74) is 0.291. The zero-order chi connectivity index (χ0) is 11.5. The molecule has 1 saturated carbocycles. The van der Waals surface area contributed by atoms with E-state index in [9.17, 15) is 14.3 Å². The van der Waals surface area contributed by atoms with Crippen molar-refractivity contribution in [1.82, 2.24) is 5.32 Å². The highest BCUT2D eigenvalue weighted by Gasteiger charge is 2.26. The first-order valence-corrected chi connectivity index (χ1v) is 5.41. The van der Waals surface area contributed by atoms with Crippen LogP contribution in [0.1, 0.15) is 29.6 Å². The number of hydrogen-bond donors (Lipinski definition) is 2. The average molecular weight is 223 g/mol. The first kappa shape index (κ1) is 11.1. The molecule has 1 aliphatic carbocycles. The maximum absolute atomic E-state index is 12.9. The summed E-state index contributed by atoms with van der Waals surface area (Å²) in [5.74, 6) is -0.759. The summed E-state index contributed by atoms with van der Waals surface area (Å²) in [6, 6.07) is 5.34. The molecule has 2 rings (SSSR count). The smallest absolute Gasteiger partial charge is 0.251 e. The van der Waals surface area contributed by atoms with E-state index in [-0.39, 0.29) is 11.9 Å². The molecular formula is C12H14FNO2. The Bertz CT molecular complexity index is 394. The fourth-order valence-electron chi connectivity index (χ4n) is 1.99. The minimum Gasteiger partial charge on any atom is -0.391 e. The van der Waals surface area contributed by atoms with Crippen molar-refractivity contribution >= 4 is 5.91 Å². The maximum atomic E-state index is 12.9. The van der Waals surface area contributed by atoms with Gasteiger partial charge in [-0.05, 0) is 37.5 Å². The Morgan fingerprint density at radius 2 is 2.25 bits per heavy atom. The van der Waals surface area contributed by atoms with Gasteiger partial charge in [-0.15, -0.1) is 0 Å². The van der Waals surface area contributed by atoms with E-state index in [4.69, 9.17) is 0 Å². The van der Waals surface area contributed by atoms with Crippen molar-refractivity contribution < 1.29 is 14.3 Å². The number of amides is 1. The van der Waals surface area contributed by atoms with Gasteiger partial charge in [0.15, 0.2) is 0 Å². The summed E-state index contributed by atoms with van der Waals surface area (Å²) in [4.78, 5) is 11.7. The largest absolute Gasteiger partial charge is 0.391 e. The van der Waals surface area contributed by atoms with E-state index in [0.717, 1.165) is 12.8 Å². The van der Waals surface area contributed by atoms with Crippen molar-refractivity contribution in [2.75, 3.05) is 0 Å². The van der Waals surface area contributed by atoms with Crippen LogP contribution in [0.4, 0.5) is 4.39 Å². The molecule has 0 bridgehead atoms. The zero-order valence-corrected chi connectivity index (χ0v) is 8.82. The molecule has 0 heterocycles. The second-order valence-electron chi connectivity index (χ2n) is 4.09. The summed E-state index contributed by atoms with van der Waals surface area (Å²) in [6.07, 6.45) is 1.93. The van der Waals surface area contributed by atoms with E-state index in [0.29, 0.717) is 12.0 Å². The van der Waals surface area contributed by atoms with Gasteiger partial charge in [0, 0.05) is 5.56 Å². The lowest BCUT2D eigenvalue weighted by molar-refractivity contribution is 0.0873. The number of aliphatic hydroxyl groups excluding tert-OH is 1. The SMILES string of the molecule is O=C(NC1CCCC1O)c1cccc(F)c1. The van der Waals surface area contributed by atoms with Crippen molar-refractivity contribution in [2.24, 2.45) is 0 Å². The van der Waals surface area contributed by atoms with Crippen molar-refractivity contribution in [1.29, 1.82) is 0 Å². The minimum atomic E-state index is -0.475. The number of halogens is 1. The molecule has 1 amide bonds. The fourth-order valence-corrected chi connectivity index (χ4v) is 1.99. The zero-order valence-electron chi connectivity index (χ0n) is 8.82. The Kier molecular flexibility index (Phi) is 3.19. The molecule has 3 nitrogen and oxygen atoms in total. The Morgan fingerprint density at radius 1 is 1.44 bits per heavy atom. The van der Waals surface area contributed by atoms with E-state index in [2.05, 4.69) is 5.32 Å². The van der Waals surface area contributed by atoms with Crippen LogP contribution in [-0.2, 0) is 0 Å². The maximum Gasteiger partial charge on any atom is 0.251 e. The first-order valence-electron chi connectivity index (χ1n) is 5.41. The number of aliphatic hydroxyl groups is 1. The molecule has 0 spiro atoms. The first-order chi connectivity index (χ1) is 7.66. The van der Waals surface area contributed by atoms with Gasteiger partial charge in [0.05, 0.1) is 12.1 Å². The number of benzene rings is 1. The quantitative estimate of drug-likeness (QED) is 0.797. The lowest BCUT2D eigenvalue weighted by Gasteiger charge is -2.16. The van der Waals surface area contributed by atoms with E-state index in [1.807, 2.05) is 0 Å². The highest BCUT2D eigenvalue weighted by atomic mass is 19.1. The third-order valence-corrected chi connectivity index (χ3v) is 2.88.